The van der Waals surface area contributed by atoms with E-state index in [0.717, 1.165) is 0 Å². The second-order valence-corrected chi connectivity index (χ2v) is 4.07. The van der Waals surface area contributed by atoms with E-state index >= 15 is 0 Å². The van der Waals surface area contributed by atoms with Crippen LogP contribution in [-0.2, 0) is 0 Å². The van der Waals surface area contributed by atoms with Crippen LogP contribution in [0.4, 0.5) is 5.69 Å². The molecule has 2 aromatic carbocycles. The smallest absolute Gasteiger partial charge is 0.269 e. The summed E-state index contributed by atoms with van der Waals surface area (Å²) in [5.41, 5.74) is 6.46. The molecule has 92 valence electrons. The van der Waals surface area contributed by atoms with Gasteiger partial charge >= 0.3 is 0 Å². The van der Waals surface area contributed by atoms with Crippen LogP contribution in [0, 0.1) is 0 Å². The minimum atomic E-state index is -0.264. The Hall–Kier alpha value is -2.20. The van der Waals surface area contributed by atoms with Gasteiger partial charge in [0.1, 0.15) is 5.75 Å². The molecule has 0 saturated carbocycles. The van der Waals surface area contributed by atoms with E-state index in [9.17, 15) is 4.79 Å². The van der Waals surface area contributed by atoms with E-state index in [2.05, 4.69) is 10.9 Å². The highest BCUT2D eigenvalue weighted by atomic mass is 35.5. The number of phenolic OH excluding ortho intramolecular Hbond substituents is 1. The lowest BCUT2D eigenvalue weighted by Gasteiger charge is -2.08. The molecular weight excluding hydrogens is 252 g/mol. The van der Waals surface area contributed by atoms with E-state index in [1.165, 1.54) is 12.1 Å². The summed E-state index contributed by atoms with van der Waals surface area (Å²) < 4.78 is 0. The Labute approximate surface area is 109 Å². The van der Waals surface area contributed by atoms with E-state index in [4.69, 9.17) is 16.7 Å². The second-order valence-electron chi connectivity index (χ2n) is 3.63. The van der Waals surface area contributed by atoms with Crippen molar-refractivity contribution in [2.75, 3.05) is 5.43 Å². The number of carbonyl (C=O) groups is 1. The lowest BCUT2D eigenvalue weighted by atomic mass is 10.2. The molecular formula is C13H11ClN2O2. The van der Waals surface area contributed by atoms with Crippen molar-refractivity contribution in [3.8, 4) is 5.75 Å². The number of rotatable bonds is 3. The predicted molar refractivity (Wildman–Crippen MR) is 70.6 cm³/mol. The quantitative estimate of drug-likeness (QED) is 0.589. The molecule has 0 aromatic heterocycles. The molecule has 0 radical (unpaired) electrons. The topological polar surface area (TPSA) is 61.4 Å². The van der Waals surface area contributed by atoms with Crippen LogP contribution in [0.25, 0.3) is 0 Å². The Kier molecular flexibility index (Phi) is 3.69. The third kappa shape index (κ3) is 3.15. The first-order chi connectivity index (χ1) is 8.65. The van der Waals surface area contributed by atoms with Crippen LogP contribution in [0.3, 0.4) is 0 Å². The molecule has 4 nitrogen and oxygen atoms in total. The molecule has 0 fully saturated rings. The van der Waals surface area contributed by atoms with E-state index in [1.54, 1.807) is 36.4 Å². The molecule has 1 amide bonds. The standard InChI is InChI=1S/C13H11ClN2O2/c14-10-3-1-9(2-4-10)13(18)16-15-11-5-7-12(17)8-6-11/h1-8,15,17H,(H,16,18). The minimum absolute atomic E-state index is 0.171. The van der Waals surface area contributed by atoms with Crippen molar-refractivity contribution < 1.29 is 9.90 Å². The summed E-state index contributed by atoms with van der Waals surface area (Å²) in [6.07, 6.45) is 0. The lowest BCUT2D eigenvalue weighted by molar-refractivity contribution is 0.0962. The number of anilines is 1. The highest BCUT2D eigenvalue weighted by molar-refractivity contribution is 6.30. The Morgan fingerprint density at radius 1 is 1.00 bits per heavy atom. The van der Waals surface area contributed by atoms with Crippen LogP contribution in [0.2, 0.25) is 5.02 Å². The van der Waals surface area contributed by atoms with Crippen LogP contribution in [0.15, 0.2) is 48.5 Å². The second kappa shape index (κ2) is 5.42. The zero-order valence-electron chi connectivity index (χ0n) is 9.35. The van der Waals surface area contributed by atoms with Gasteiger partial charge in [-0.15, -0.1) is 0 Å². The third-order valence-corrected chi connectivity index (χ3v) is 2.55. The molecule has 0 aliphatic carbocycles. The number of carbonyl (C=O) groups excluding carboxylic acids is 1. The molecule has 0 bridgehead atoms. The number of nitrogens with one attached hydrogen (secondary N) is 2. The monoisotopic (exact) mass is 262 g/mol. The first kappa shape index (κ1) is 12.3. The summed E-state index contributed by atoms with van der Waals surface area (Å²) in [5, 5.41) is 9.69. The van der Waals surface area contributed by atoms with E-state index in [0.29, 0.717) is 16.3 Å². The molecule has 0 heterocycles. The van der Waals surface area contributed by atoms with Gasteiger partial charge in [-0.25, -0.2) is 0 Å². The Morgan fingerprint density at radius 2 is 1.61 bits per heavy atom. The van der Waals surface area contributed by atoms with Gasteiger partial charge in [-0.3, -0.25) is 15.6 Å². The van der Waals surface area contributed by atoms with E-state index in [1.807, 2.05) is 0 Å². The van der Waals surface area contributed by atoms with Crippen LogP contribution in [-0.4, -0.2) is 11.0 Å². The molecule has 0 spiro atoms. The minimum Gasteiger partial charge on any atom is -0.508 e. The Bertz CT molecular complexity index is 538. The number of amides is 1. The van der Waals surface area contributed by atoms with Gasteiger partial charge in [-0.2, -0.15) is 0 Å². The average Bonchev–Trinajstić information content (AvgIpc) is 2.38. The maximum Gasteiger partial charge on any atom is 0.269 e. The van der Waals surface area contributed by atoms with Gasteiger partial charge in [0.15, 0.2) is 0 Å². The number of hydrogen-bond donors (Lipinski definition) is 3. The zero-order chi connectivity index (χ0) is 13.0. The van der Waals surface area contributed by atoms with Crippen LogP contribution < -0.4 is 10.9 Å². The van der Waals surface area contributed by atoms with Crippen molar-refractivity contribution in [2.24, 2.45) is 0 Å². The van der Waals surface area contributed by atoms with Crippen molar-refractivity contribution in [1.29, 1.82) is 0 Å². The van der Waals surface area contributed by atoms with Gasteiger partial charge in [0.2, 0.25) is 0 Å². The largest absolute Gasteiger partial charge is 0.508 e. The molecule has 3 N–H and O–H groups in total. The predicted octanol–water partition coefficient (Wildman–Crippen LogP) is 2.80. The number of halogens is 1. The first-order valence-corrected chi connectivity index (χ1v) is 5.64. The fraction of sp³-hybridized carbons (Fsp3) is 0. The van der Waals surface area contributed by atoms with E-state index < -0.39 is 0 Å². The molecule has 0 saturated heterocycles. The number of phenols is 1. The maximum absolute atomic E-state index is 11.7. The summed E-state index contributed by atoms with van der Waals surface area (Å²) >= 11 is 5.73. The zero-order valence-corrected chi connectivity index (χ0v) is 10.1. The summed E-state index contributed by atoms with van der Waals surface area (Å²) in [5.74, 6) is -0.0932. The van der Waals surface area contributed by atoms with Crippen molar-refractivity contribution >= 4 is 23.2 Å². The number of hydrogen-bond acceptors (Lipinski definition) is 3. The maximum atomic E-state index is 11.7. The molecule has 0 aliphatic heterocycles. The molecule has 2 aromatic rings. The fourth-order valence-corrected chi connectivity index (χ4v) is 1.47. The molecule has 18 heavy (non-hydrogen) atoms. The van der Waals surface area contributed by atoms with Gasteiger partial charge in [0.05, 0.1) is 5.69 Å². The van der Waals surface area contributed by atoms with Crippen LogP contribution in [0.1, 0.15) is 10.4 Å². The Balaban J connectivity index is 1.96. The summed E-state index contributed by atoms with van der Waals surface area (Å²) in [6, 6.07) is 12.9. The molecule has 0 aliphatic rings. The van der Waals surface area contributed by atoms with Crippen molar-refractivity contribution in [2.45, 2.75) is 0 Å². The summed E-state index contributed by atoms with van der Waals surface area (Å²) in [6.45, 7) is 0. The average molecular weight is 263 g/mol. The van der Waals surface area contributed by atoms with Gasteiger partial charge in [-0.05, 0) is 48.5 Å². The highest BCUT2D eigenvalue weighted by Crippen LogP contribution is 2.13. The fourth-order valence-electron chi connectivity index (χ4n) is 1.35. The van der Waals surface area contributed by atoms with Gasteiger partial charge in [-0.1, -0.05) is 11.6 Å². The molecule has 5 heteroatoms. The van der Waals surface area contributed by atoms with Gasteiger partial charge < -0.3 is 5.11 Å². The third-order valence-electron chi connectivity index (χ3n) is 2.29. The van der Waals surface area contributed by atoms with Crippen molar-refractivity contribution in [3.05, 3.63) is 59.1 Å². The summed E-state index contributed by atoms with van der Waals surface area (Å²) in [4.78, 5) is 11.7. The highest BCUT2D eigenvalue weighted by Gasteiger charge is 2.04. The number of benzene rings is 2. The van der Waals surface area contributed by atoms with E-state index in [-0.39, 0.29) is 11.7 Å². The number of aromatic hydroxyl groups is 1. The van der Waals surface area contributed by atoms with Crippen LogP contribution in [0.5, 0.6) is 5.75 Å². The molecule has 2 rings (SSSR count). The summed E-state index contributed by atoms with van der Waals surface area (Å²) in [7, 11) is 0. The number of hydrazine groups is 1. The lowest BCUT2D eigenvalue weighted by Crippen LogP contribution is -2.29. The SMILES string of the molecule is O=C(NNc1ccc(O)cc1)c1ccc(Cl)cc1. The van der Waals surface area contributed by atoms with Gasteiger partial charge in [0.25, 0.3) is 5.91 Å². The first-order valence-electron chi connectivity index (χ1n) is 5.26. The normalized spacial score (nSPS) is 9.83. The van der Waals surface area contributed by atoms with Crippen molar-refractivity contribution in [1.82, 2.24) is 5.43 Å². The van der Waals surface area contributed by atoms with Crippen molar-refractivity contribution in [3.63, 3.8) is 0 Å². The molecule has 0 unspecified atom stereocenters. The van der Waals surface area contributed by atoms with Gasteiger partial charge in [0, 0.05) is 10.6 Å². The van der Waals surface area contributed by atoms with Crippen LogP contribution >= 0.6 is 11.6 Å². The molecule has 0 atom stereocenters. The Morgan fingerprint density at radius 3 is 2.22 bits per heavy atom.